The first-order chi connectivity index (χ1) is 17.9. The number of alkyl halides is 2. The van der Waals surface area contributed by atoms with Gasteiger partial charge in [-0.05, 0) is 44.1 Å². The van der Waals surface area contributed by atoms with Crippen LogP contribution in [0, 0.1) is 22.6 Å². The maximum Gasteiger partial charge on any atom is 0.266 e. The number of aryl methyl sites for hydroxylation is 1. The number of nitrogens with one attached hydrogen (secondary N) is 1. The Labute approximate surface area is 217 Å². The van der Waals surface area contributed by atoms with Crippen molar-refractivity contribution in [3.63, 3.8) is 0 Å². The fraction of sp³-hybridized carbons (Fsp3) is 0.462. The third-order valence-corrected chi connectivity index (χ3v) is 10.2. The Balaban J connectivity index is 1.53. The SMILES string of the molecule is C[C@@H](Nc1ncnc2c1cc(C1(C#N)CCC3(CC1)CS(=O)(=O)C3)c(=O)n2C)c1cccc(C(F)F)c1F. The van der Waals surface area contributed by atoms with Crippen molar-refractivity contribution >= 4 is 26.7 Å². The Morgan fingerprint density at radius 1 is 1.13 bits per heavy atom. The van der Waals surface area contributed by atoms with Crippen molar-refractivity contribution in [3.8, 4) is 6.07 Å². The zero-order chi connectivity index (χ0) is 27.5. The fourth-order valence-corrected chi connectivity index (χ4v) is 8.27. The van der Waals surface area contributed by atoms with E-state index < -0.39 is 39.1 Å². The lowest BCUT2D eigenvalue weighted by atomic mass is 9.62. The van der Waals surface area contributed by atoms with Crippen LogP contribution < -0.4 is 10.9 Å². The highest BCUT2D eigenvalue weighted by atomic mass is 32.2. The first kappa shape index (κ1) is 26.2. The largest absolute Gasteiger partial charge is 0.363 e. The lowest BCUT2D eigenvalue weighted by Crippen LogP contribution is -2.53. The molecule has 0 bridgehead atoms. The number of hydrogen-bond acceptors (Lipinski definition) is 7. The molecule has 1 saturated heterocycles. The minimum Gasteiger partial charge on any atom is -0.363 e. The standard InChI is InChI=1S/C26H26F3N5O3S/c1-15(16-4-3-5-17(20(16)27)21(28)29)33-22-18-10-19(24(35)34(2)23(18)32-14-31-22)26(11-30)8-6-25(7-9-26)12-38(36,37)13-25/h3-5,10,14-15,21H,6-9,12-13H2,1-2H3,(H,31,32,33)/t15-/m1/s1. The molecule has 3 aromatic rings. The van der Waals surface area contributed by atoms with Crippen molar-refractivity contribution in [3.05, 3.63) is 63.5 Å². The molecule has 0 unspecified atom stereocenters. The average molecular weight is 546 g/mol. The highest BCUT2D eigenvalue weighted by Gasteiger charge is 2.54. The van der Waals surface area contributed by atoms with Crippen molar-refractivity contribution in [1.82, 2.24) is 14.5 Å². The molecule has 8 nitrogen and oxygen atoms in total. The molecule has 12 heteroatoms. The lowest BCUT2D eigenvalue weighted by Gasteiger charge is -2.48. The van der Waals surface area contributed by atoms with E-state index in [4.69, 9.17) is 0 Å². The number of pyridine rings is 1. The zero-order valence-corrected chi connectivity index (χ0v) is 21.7. The number of anilines is 1. The Hall–Kier alpha value is -3.46. The van der Waals surface area contributed by atoms with E-state index in [1.54, 1.807) is 13.0 Å². The summed E-state index contributed by atoms with van der Waals surface area (Å²) in [6.45, 7) is 1.61. The van der Waals surface area contributed by atoms with Gasteiger partial charge in [0.05, 0.1) is 40.0 Å². The van der Waals surface area contributed by atoms with Gasteiger partial charge in [0.2, 0.25) is 0 Å². The number of nitriles is 1. The Bertz CT molecular complexity index is 1630. The van der Waals surface area contributed by atoms with Gasteiger partial charge in [0.1, 0.15) is 23.6 Å². The van der Waals surface area contributed by atoms with Gasteiger partial charge in [0.25, 0.3) is 12.0 Å². The predicted octanol–water partition coefficient (Wildman–Crippen LogP) is 4.33. The Morgan fingerprint density at radius 3 is 2.39 bits per heavy atom. The van der Waals surface area contributed by atoms with Gasteiger partial charge in [-0.3, -0.25) is 9.36 Å². The van der Waals surface area contributed by atoms with Crippen molar-refractivity contribution in [2.45, 2.75) is 50.5 Å². The monoisotopic (exact) mass is 545 g/mol. The number of sulfone groups is 1. The van der Waals surface area contributed by atoms with Gasteiger partial charge in [-0.1, -0.05) is 18.2 Å². The third kappa shape index (κ3) is 4.22. The van der Waals surface area contributed by atoms with Crippen LogP contribution in [0.4, 0.5) is 19.0 Å². The second-order valence-corrected chi connectivity index (χ2v) is 12.6. The molecule has 3 heterocycles. The molecule has 2 aromatic heterocycles. The maximum absolute atomic E-state index is 14.8. The molecule has 0 amide bonds. The van der Waals surface area contributed by atoms with Gasteiger partial charge in [0, 0.05) is 18.2 Å². The summed E-state index contributed by atoms with van der Waals surface area (Å²) in [7, 11) is -1.50. The average Bonchev–Trinajstić information content (AvgIpc) is 2.86. The number of fused-ring (bicyclic) bond motifs is 1. The fourth-order valence-electron chi connectivity index (χ4n) is 5.91. The topological polar surface area (TPSA) is 118 Å². The quantitative estimate of drug-likeness (QED) is 0.507. The number of aromatic nitrogens is 3. The summed E-state index contributed by atoms with van der Waals surface area (Å²) in [6.07, 6.45) is 0.0129. The van der Waals surface area contributed by atoms with Crippen LogP contribution >= 0.6 is 0 Å². The summed E-state index contributed by atoms with van der Waals surface area (Å²) in [5.74, 6) is -0.529. The minimum atomic E-state index is -3.03. The molecule has 1 atom stereocenters. The van der Waals surface area contributed by atoms with Gasteiger partial charge >= 0.3 is 0 Å². The van der Waals surface area contributed by atoms with E-state index in [9.17, 15) is 31.6 Å². The molecule has 200 valence electrons. The molecule has 1 aromatic carbocycles. The molecule has 38 heavy (non-hydrogen) atoms. The molecule has 1 aliphatic carbocycles. The summed E-state index contributed by atoms with van der Waals surface area (Å²) in [5, 5.41) is 13.7. The molecule has 2 aliphatic rings. The van der Waals surface area contributed by atoms with Crippen molar-refractivity contribution in [2.24, 2.45) is 12.5 Å². The van der Waals surface area contributed by atoms with E-state index in [0.717, 1.165) is 6.07 Å². The van der Waals surface area contributed by atoms with Crippen molar-refractivity contribution < 1.29 is 21.6 Å². The van der Waals surface area contributed by atoms with Crippen LogP contribution in [0.25, 0.3) is 11.0 Å². The number of halogens is 3. The van der Waals surface area contributed by atoms with Crippen LogP contribution in [0.3, 0.4) is 0 Å². The second-order valence-electron chi connectivity index (χ2n) is 10.5. The number of nitrogens with zero attached hydrogens (tertiary/aromatic N) is 4. The third-order valence-electron chi connectivity index (χ3n) is 8.06. The minimum absolute atomic E-state index is 0.0288. The van der Waals surface area contributed by atoms with Crippen LogP contribution in [0.5, 0.6) is 0 Å². The normalized spacial score (nSPS) is 20.1. The molecule has 1 saturated carbocycles. The van der Waals surface area contributed by atoms with Crippen LogP contribution in [0.1, 0.15) is 61.8 Å². The van der Waals surface area contributed by atoms with Crippen LogP contribution in [-0.2, 0) is 22.3 Å². The number of hydrogen-bond donors (Lipinski definition) is 1. The van der Waals surface area contributed by atoms with E-state index in [2.05, 4.69) is 21.4 Å². The smallest absolute Gasteiger partial charge is 0.266 e. The first-order valence-corrected chi connectivity index (χ1v) is 14.0. The summed E-state index contributed by atoms with van der Waals surface area (Å²) >= 11 is 0. The van der Waals surface area contributed by atoms with Crippen molar-refractivity contribution in [2.75, 3.05) is 16.8 Å². The molecule has 5 rings (SSSR count). The Morgan fingerprint density at radius 2 is 1.79 bits per heavy atom. The van der Waals surface area contributed by atoms with Gasteiger partial charge in [0.15, 0.2) is 9.84 Å². The van der Waals surface area contributed by atoms with E-state index in [0.29, 0.717) is 31.1 Å². The van der Waals surface area contributed by atoms with Crippen LogP contribution in [-0.4, -0.2) is 34.5 Å². The molecule has 1 aliphatic heterocycles. The van der Waals surface area contributed by atoms with E-state index >= 15 is 0 Å². The molecule has 2 fully saturated rings. The highest BCUT2D eigenvalue weighted by Crippen LogP contribution is 2.51. The second kappa shape index (κ2) is 9.08. The lowest BCUT2D eigenvalue weighted by molar-refractivity contribution is 0.146. The number of benzene rings is 1. The molecular formula is C26H26F3N5O3S. The van der Waals surface area contributed by atoms with E-state index in [1.807, 2.05) is 0 Å². The molecule has 0 radical (unpaired) electrons. The highest BCUT2D eigenvalue weighted by molar-refractivity contribution is 7.92. The van der Waals surface area contributed by atoms with E-state index in [1.165, 1.54) is 30.1 Å². The van der Waals surface area contributed by atoms with Gasteiger partial charge in [-0.25, -0.2) is 31.6 Å². The summed E-state index contributed by atoms with van der Waals surface area (Å²) < 4.78 is 66.2. The zero-order valence-electron chi connectivity index (χ0n) is 20.8. The Kier molecular flexibility index (Phi) is 6.25. The van der Waals surface area contributed by atoms with Gasteiger partial charge < -0.3 is 5.32 Å². The maximum atomic E-state index is 14.8. The summed E-state index contributed by atoms with van der Waals surface area (Å²) in [4.78, 5) is 21.9. The first-order valence-electron chi connectivity index (χ1n) is 12.2. The van der Waals surface area contributed by atoms with Gasteiger partial charge in [-0.2, -0.15) is 5.26 Å². The van der Waals surface area contributed by atoms with Crippen LogP contribution in [0.2, 0.25) is 0 Å². The molecule has 1 spiro atoms. The van der Waals surface area contributed by atoms with E-state index in [-0.39, 0.29) is 45.1 Å². The molecule has 1 N–H and O–H groups in total. The summed E-state index contributed by atoms with van der Waals surface area (Å²) in [6, 6.07) is 6.97. The predicted molar refractivity (Wildman–Crippen MR) is 135 cm³/mol. The summed E-state index contributed by atoms with van der Waals surface area (Å²) in [5.41, 5.74) is -1.93. The van der Waals surface area contributed by atoms with Crippen LogP contribution in [0.15, 0.2) is 35.4 Å². The number of rotatable bonds is 5. The van der Waals surface area contributed by atoms with Crippen molar-refractivity contribution in [1.29, 1.82) is 5.26 Å². The van der Waals surface area contributed by atoms with Gasteiger partial charge in [-0.15, -0.1) is 0 Å². The molecular weight excluding hydrogens is 519 g/mol.